The average molecular weight is 319 g/mol. The van der Waals surface area contributed by atoms with Crippen molar-refractivity contribution in [3.63, 3.8) is 0 Å². The molecule has 0 heterocycles. The van der Waals surface area contributed by atoms with Crippen LogP contribution in [0, 0.1) is 17.8 Å². The lowest BCUT2D eigenvalue weighted by atomic mass is 9.88. The summed E-state index contributed by atoms with van der Waals surface area (Å²) >= 11 is 0. The zero-order chi connectivity index (χ0) is 16.8. The van der Waals surface area contributed by atoms with Crippen molar-refractivity contribution in [1.29, 1.82) is 0 Å². The molecule has 2 atom stereocenters. The van der Waals surface area contributed by atoms with Gasteiger partial charge in [0.05, 0.1) is 12.5 Å². The lowest BCUT2D eigenvalue weighted by Gasteiger charge is -2.15. The van der Waals surface area contributed by atoms with Gasteiger partial charge in [0.15, 0.2) is 0 Å². The Kier molecular flexibility index (Phi) is 5.47. The smallest absolute Gasteiger partial charge is 0.309 e. The standard InChI is InChI=1S/C22H23O2/c1-2-24-22(23)21-16-19(21)14-9-15-20(17-10-5-3-6-11-17)18-12-7-4-8-13-18/h3-14,19,21H,2,15-16H2,1H3/b14-9+. The number of benzene rings is 2. The molecule has 2 nitrogen and oxygen atoms in total. The molecule has 0 bridgehead atoms. The summed E-state index contributed by atoms with van der Waals surface area (Å²) in [5.74, 6) is 1.67. The first-order valence-corrected chi connectivity index (χ1v) is 8.59. The summed E-state index contributed by atoms with van der Waals surface area (Å²) in [6, 6.07) is 20.9. The van der Waals surface area contributed by atoms with Crippen LogP contribution in [0.1, 0.15) is 30.9 Å². The second-order valence-electron chi connectivity index (χ2n) is 6.10. The van der Waals surface area contributed by atoms with Crippen molar-refractivity contribution in [2.75, 3.05) is 6.61 Å². The van der Waals surface area contributed by atoms with Gasteiger partial charge in [-0.2, -0.15) is 0 Å². The van der Waals surface area contributed by atoms with E-state index in [4.69, 9.17) is 4.74 Å². The third kappa shape index (κ3) is 4.14. The quantitative estimate of drug-likeness (QED) is 0.541. The van der Waals surface area contributed by atoms with Crippen molar-refractivity contribution in [3.8, 4) is 0 Å². The molecule has 3 rings (SSSR count). The highest BCUT2D eigenvalue weighted by Gasteiger charge is 2.42. The van der Waals surface area contributed by atoms with E-state index in [-0.39, 0.29) is 11.9 Å². The lowest BCUT2D eigenvalue weighted by Crippen LogP contribution is -2.07. The van der Waals surface area contributed by atoms with E-state index in [2.05, 4.69) is 60.7 Å². The zero-order valence-electron chi connectivity index (χ0n) is 14.0. The van der Waals surface area contributed by atoms with E-state index in [9.17, 15) is 4.79 Å². The molecule has 2 unspecified atom stereocenters. The van der Waals surface area contributed by atoms with Gasteiger partial charge in [-0.25, -0.2) is 0 Å². The fourth-order valence-corrected chi connectivity index (χ4v) is 2.99. The maximum Gasteiger partial charge on any atom is 0.309 e. The zero-order valence-corrected chi connectivity index (χ0v) is 14.0. The molecule has 2 aromatic carbocycles. The average Bonchev–Trinajstić information content (AvgIpc) is 3.40. The summed E-state index contributed by atoms with van der Waals surface area (Å²) in [7, 11) is 0. The molecule has 0 aromatic heterocycles. The molecular formula is C22H23O2. The van der Waals surface area contributed by atoms with Gasteiger partial charge in [-0.3, -0.25) is 4.79 Å². The van der Waals surface area contributed by atoms with Crippen molar-refractivity contribution in [2.45, 2.75) is 19.8 Å². The highest BCUT2D eigenvalue weighted by Crippen LogP contribution is 2.41. The second-order valence-corrected chi connectivity index (χ2v) is 6.10. The fourth-order valence-electron chi connectivity index (χ4n) is 2.99. The van der Waals surface area contributed by atoms with E-state index in [1.54, 1.807) is 0 Å². The van der Waals surface area contributed by atoms with Crippen LogP contribution in [0.3, 0.4) is 0 Å². The summed E-state index contributed by atoms with van der Waals surface area (Å²) in [4.78, 5) is 11.7. The number of carbonyl (C=O) groups is 1. The second kappa shape index (κ2) is 7.96. The maximum atomic E-state index is 11.7. The van der Waals surface area contributed by atoms with Crippen molar-refractivity contribution in [3.05, 3.63) is 89.9 Å². The fraction of sp³-hybridized carbons (Fsp3) is 0.273. The summed E-state index contributed by atoms with van der Waals surface area (Å²) in [5, 5.41) is 0. The number of allylic oxidation sites excluding steroid dienone is 2. The van der Waals surface area contributed by atoms with Crippen LogP contribution in [0.5, 0.6) is 0 Å². The molecule has 1 fully saturated rings. The van der Waals surface area contributed by atoms with Gasteiger partial charge in [0.25, 0.3) is 0 Å². The van der Waals surface area contributed by atoms with Gasteiger partial charge in [0.2, 0.25) is 0 Å². The lowest BCUT2D eigenvalue weighted by molar-refractivity contribution is -0.144. The molecule has 0 aliphatic heterocycles. The highest BCUT2D eigenvalue weighted by atomic mass is 16.5. The SMILES string of the molecule is CCOC(=O)C1CC1/C=C/C[C](c1ccccc1)c1ccccc1. The van der Waals surface area contributed by atoms with Gasteiger partial charge in [-0.15, -0.1) is 0 Å². The maximum absolute atomic E-state index is 11.7. The number of ether oxygens (including phenoxy) is 1. The van der Waals surface area contributed by atoms with Gasteiger partial charge in [0, 0.05) is 5.92 Å². The molecule has 1 aliphatic carbocycles. The minimum Gasteiger partial charge on any atom is -0.466 e. The number of rotatable bonds is 7. The Morgan fingerprint density at radius 2 is 1.62 bits per heavy atom. The number of hydrogen-bond acceptors (Lipinski definition) is 2. The van der Waals surface area contributed by atoms with Gasteiger partial charge in [-0.1, -0.05) is 72.8 Å². The predicted molar refractivity (Wildman–Crippen MR) is 96.3 cm³/mol. The topological polar surface area (TPSA) is 26.3 Å². The highest BCUT2D eigenvalue weighted by molar-refractivity contribution is 5.76. The Morgan fingerprint density at radius 1 is 1.04 bits per heavy atom. The molecule has 0 saturated heterocycles. The molecule has 1 radical (unpaired) electrons. The Hall–Kier alpha value is -2.35. The van der Waals surface area contributed by atoms with Crippen molar-refractivity contribution in [1.82, 2.24) is 0 Å². The van der Waals surface area contributed by atoms with E-state index in [1.165, 1.54) is 17.0 Å². The van der Waals surface area contributed by atoms with E-state index in [0.29, 0.717) is 12.5 Å². The van der Waals surface area contributed by atoms with Crippen LogP contribution in [0.25, 0.3) is 0 Å². The Morgan fingerprint density at radius 3 is 2.17 bits per heavy atom. The first-order chi connectivity index (χ1) is 11.8. The van der Waals surface area contributed by atoms with E-state index >= 15 is 0 Å². The Bertz CT molecular complexity index is 636. The molecule has 0 spiro atoms. The van der Waals surface area contributed by atoms with Crippen LogP contribution in [-0.2, 0) is 9.53 Å². The normalized spacial score (nSPS) is 19.6. The minimum atomic E-state index is -0.0533. The van der Waals surface area contributed by atoms with Crippen LogP contribution >= 0.6 is 0 Å². The molecule has 2 aromatic rings. The third-order valence-electron chi connectivity index (χ3n) is 4.38. The molecule has 1 aliphatic rings. The van der Waals surface area contributed by atoms with Crippen molar-refractivity contribution in [2.24, 2.45) is 11.8 Å². The van der Waals surface area contributed by atoms with Gasteiger partial charge in [-0.05, 0) is 36.8 Å². The van der Waals surface area contributed by atoms with Crippen LogP contribution in [-0.4, -0.2) is 12.6 Å². The molecule has 2 heteroatoms. The Balaban J connectivity index is 1.66. The van der Waals surface area contributed by atoms with Gasteiger partial charge in [0.1, 0.15) is 0 Å². The minimum absolute atomic E-state index is 0.0533. The first kappa shape index (κ1) is 16.5. The summed E-state index contributed by atoms with van der Waals surface area (Å²) in [6.07, 6.45) is 6.15. The summed E-state index contributed by atoms with van der Waals surface area (Å²) in [5.41, 5.74) is 2.48. The molecule has 123 valence electrons. The predicted octanol–water partition coefficient (Wildman–Crippen LogP) is 4.80. The monoisotopic (exact) mass is 319 g/mol. The van der Waals surface area contributed by atoms with Crippen molar-refractivity contribution >= 4 is 5.97 Å². The molecular weight excluding hydrogens is 296 g/mol. The van der Waals surface area contributed by atoms with E-state index in [1.807, 2.05) is 19.1 Å². The van der Waals surface area contributed by atoms with Gasteiger partial charge >= 0.3 is 5.97 Å². The third-order valence-corrected chi connectivity index (χ3v) is 4.38. The number of carbonyl (C=O) groups excluding carboxylic acids is 1. The summed E-state index contributed by atoms with van der Waals surface area (Å²) in [6.45, 7) is 2.32. The molecule has 0 amide bonds. The van der Waals surface area contributed by atoms with Crippen molar-refractivity contribution < 1.29 is 9.53 Å². The first-order valence-electron chi connectivity index (χ1n) is 8.59. The van der Waals surface area contributed by atoms with Crippen LogP contribution in [0.15, 0.2) is 72.8 Å². The van der Waals surface area contributed by atoms with Crippen LogP contribution in [0.2, 0.25) is 0 Å². The molecule has 24 heavy (non-hydrogen) atoms. The van der Waals surface area contributed by atoms with Crippen LogP contribution < -0.4 is 0 Å². The summed E-state index contributed by atoms with van der Waals surface area (Å²) < 4.78 is 5.08. The van der Waals surface area contributed by atoms with Gasteiger partial charge < -0.3 is 4.74 Å². The van der Waals surface area contributed by atoms with Crippen LogP contribution in [0.4, 0.5) is 0 Å². The number of hydrogen-bond donors (Lipinski definition) is 0. The largest absolute Gasteiger partial charge is 0.466 e. The Labute approximate surface area is 144 Å². The molecule has 1 saturated carbocycles. The van der Waals surface area contributed by atoms with E-state index in [0.717, 1.165) is 12.8 Å². The molecule has 0 N–H and O–H groups in total. The van der Waals surface area contributed by atoms with E-state index < -0.39 is 0 Å². The number of esters is 1.